The summed E-state index contributed by atoms with van der Waals surface area (Å²) in [5, 5.41) is 25.8. The number of rotatable bonds is 14. The molecule has 3 N–H and O–H groups in total. The number of unbranched alkanes of at least 4 members (excludes halogenated alkanes) is 7. The van der Waals surface area contributed by atoms with Crippen LogP contribution < -0.4 is 0 Å². The number of hydrogen-bond acceptors (Lipinski definition) is 3. The van der Waals surface area contributed by atoms with Gasteiger partial charge in [-0.1, -0.05) is 58.8 Å². The van der Waals surface area contributed by atoms with Crippen LogP contribution in [0.1, 0.15) is 97.3 Å². The minimum atomic E-state index is -0.740. The van der Waals surface area contributed by atoms with Crippen LogP contribution in [0.4, 0.5) is 0 Å². The molecule has 23 heavy (non-hydrogen) atoms. The number of aliphatic carboxylic acids is 2. The van der Waals surface area contributed by atoms with E-state index in [-0.39, 0.29) is 18.9 Å². The summed E-state index contributed by atoms with van der Waals surface area (Å²) in [6.45, 7) is 4.20. The van der Waals surface area contributed by atoms with Gasteiger partial charge < -0.3 is 15.3 Å². The highest BCUT2D eigenvalue weighted by Crippen LogP contribution is 2.08. The molecule has 0 aromatic rings. The lowest BCUT2D eigenvalue weighted by Crippen LogP contribution is -2.02. The summed E-state index contributed by atoms with van der Waals surface area (Å²) < 4.78 is 0. The van der Waals surface area contributed by atoms with Gasteiger partial charge in [0.25, 0.3) is 0 Å². The summed E-state index contributed by atoms with van der Waals surface area (Å²) in [6, 6.07) is 0. The average molecular weight is 332 g/mol. The SMILES string of the molecule is CCCCCC(O)CC.O=C(O)CCCCCCCCC(=O)O. The van der Waals surface area contributed by atoms with E-state index >= 15 is 0 Å². The summed E-state index contributed by atoms with van der Waals surface area (Å²) in [6.07, 6.45) is 11.4. The summed E-state index contributed by atoms with van der Waals surface area (Å²) in [5.41, 5.74) is 0. The highest BCUT2D eigenvalue weighted by molar-refractivity contribution is 5.66. The van der Waals surface area contributed by atoms with Gasteiger partial charge in [0.1, 0.15) is 0 Å². The fraction of sp³-hybridized carbons (Fsp3) is 0.889. The van der Waals surface area contributed by atoms with Crippen molar-refractivity contribution in [1.29, 1.82) is 0 Å². The predicted molar refractivity (Wildman–Crippen MR) is 92.6 cm³/mol. The lowest BCUT2D eigenvalue weighted by molar-refractivity contribution is -0.138. The van der Waals surface area contributed by atoms with Gasteiger partial charge in [0.2, 0.25) is 0 Å². The molecule has 0 rings (SSSR count). The van der Waals surface area contributed by atoms with Crippen LogP contribution in [-0.4, -0.2) is 33.4 Å². The van der Waals surface area contributed by atoms with Crippen molar-refractivity contribution >= 4 is 11.9 Å². The molecule has 0 saturated heterocycles. The van der Waals surface area contributed by atoms with Crippen LogP contribution in [0.2, 0.25) is 0 Å². The molecule has 0 aliphatic carbocycles. The topological polar surface area (TPSA) is 94.8 Å². The number of carbonyl (C=O) groups is 2. The third kappa shape index (κ3) is 26.1. The third-order valence-corrected chi connectivity index (χ3v) is 3.64. The molecule has 0 aromatic carbocycles. The summed E-state index contributed by atoms with van der Waals surface area (Å²) >= 11 is 0. The monoisotopic (exact) mass is 332 g/mol. The van der Waals surface area contributed by atoms with Gasteiger partial charge in [-0.15, -0.1) is 0 Å². The van der Waals surface area contributed by atoms with Crippen LogP contribution in [0.3, 0.4) is 0 Å². The van der Waals surface area contributed by atoms with E-state index in [2.05, 4.69) is 6.92 Å². The van der Waals surface area contributed by atoms with E-state index in [1.54, 1.807) is 0 Å². The second-order valence-electron chi connectivity index (χ2n) is 5.97. The number of carboxylic acids is 2. The third-order valence-electron chi connectivity index (χ3n) is 3.64. The lowest BCUT2D eigenvalue weighted by atomic mass is 10.1. The first-order chi connectivity index (χ1) is 10.9. The van der Waals surface area contributed by atoms with Gasteiger partial charge in [-0.05, 0) is 25.7 Å². The zero-order valence-corrected chi connectivity index (χ0v) is 14.9. The smallest absolute Gasteiger partial charge is 0.303 e. The first-order valence-corrected chi connectivity index (χ1v) is 9.05. The lowest BCUT2D eigenvalue weighted by Gasteiger charge is -2.04. The normalized spacial score (nSPS) is 11.4. The van der Waals surface area contributed by atoms with Crippen LogP contribution in [0.25, 0.3) is 0 Å². The van der Waals surface area contributed by atoms with E-state index in [1.165, 1.54) is 19.3 Å². The van der Waals surface area contributed by atoms with Crippen molar-refractivity contribution in [1.82, 2.24) is 0 Å². The van der Waals surface area contributed by atoms with Crippen LogP contribution in [-0.2, 0) is 9.59 Å². The van der Waals surface area contributed by atoms with Crippen molar-refractivity contribution in [2.45, 2.75) is 103 Å². The summed E-state index contributed by atoms with van der Waals surface area (Å²) in [4.78, 5) is 20.3. The van der Waals surface area contributed by atoms with E-state index in [9.17, 15) is 9.59 Å². The van der Waals surface area contributed by atoms with Gasteiger partial charge in [0.05, 0.1) is 6.10 Å². The average Bonchev–Trinajstić information content (AvgIpc) is 2.50. The number of hydrogen-bond donors (Lipinski definition) is 3. The summed E-state index contributed by atoms with van der Waals surface area (Å²) in [7, 11) is 0. The summed E-state index contributed by atoms with van der Waals surface area (Å²) in [5.74, 6) is -1.48. The van der Waals surface area contributed by atoms with Crippen molar-refractivity contribution in [2.24, 2.45) is 0 Å². The Morgan fingerprint density at radius 2 is 1.17 bits per heavy atom. The molecule has 0 aliphatic rings. The first-order valence-electron chi connectivity index (χ1n) is 9.05. The van der Waals surface area contributed by atoms with E-state index in [1.807, 2.05) is 6.92 Å². The Hall–Kier alpha value is -1.10. The van der Waals surface area contributed by atoms with Gasteiger partial charge in [0, 0.05) is 12.8 Å². The maximum absolute atomic E-state index is 10.1. The fourth-order valence-corrected chi connectivity index (χ4v) is 2.09. The Morgan fingerprint density at radius 3 is 1.52 bits per heavy atom. The first kappa shape index (κ1) is 24.2. The molecule has 0 amide bonds. The molecule has 138 valence electrons. The van der Waals surface area contributed by atoms with E-state index in [0.717, 1.165) is 51.4 Å². The van der Waals surface area contributed by atoms with Crippen molar-refractivity contribution < 1.29 is 24.9 Å². The Bertz CT molecular complexity index is 259. The van der Waals surface area contributed by atoms with Crippen LogP contribution in [0.15, 0.2) is 0 Å². The molecule has 1 unspecified atom stereocenters. The number of aliphatic hydroxyl groups excluding tert-OH is 1. The molecule has 0 radical (unpaired) electrons. The minimum Gasteiger partial charge on any atom is -0.481 e. The van der Waals surface area contributed by atoms with E-state index < -0.39 is 11.9 Å². The quantitative estimate of drug-likeness (QED) is 0.404. The molecular weight excluding hydrogens is 296 g/mol. The Kier molecular flexibility index (Phi) is 19.9. The second-order valence-corrected chi connectivity index (χ2v) is 5.97. The molecule has 1 atom stereocenters. The molecule has 0 saturated carbocycles. The molecule has 5 nitrogen and oxygen atoms in total. The van der Waals surface area contributed by atoms with Gasteiger partial charge in [0.15, 0.2) is 0 Å². The van der Waals surface area contributed by atoms with Crippen molar-refractivity contribution in [3.05, 3.63) is 0 Å². The molecule has 0 aromatic heterocycles. The van der Waals surface area contributed by atoms with Gasteiger partial charge in [-0.25, -0.2) is 0 Å². The Labute approximate surface area is 141 Å². The van der Waals surface area contributed by atoms with Gasteiger partial charge in [-0.3, -0.25) is 9.59 Å². The molecular formula is C18H36O5. The fourth-order valence-electron chi connectivity index (χ4n) is 2.09. The van der Waals surface area contributed by atoms with Crippen molar-refractivity contribution in [3.63, 3.8) is 0 Å². The van der Waals surface area contributed by atoms with E-state index in [4.69, 9.17) is 15.3 Å². The Balaban J connectivity index is 0. The molecule has 0 aliphatic heterocycles. The highest BCUT2D eigenvalue weighted by Gasteiger charge is 1.98. The molecule has 0 spiro atoms. The van der Waals surface area contributed by atoms with Crippen LogP contribution in [0, 0.1) is 0 Å². The molecule has 5 heteroatoms. The maximum atomic E-state index is 10.1. The maximum Gasteiger partial charge on any atom is 0.303 e. The molecule has 0 fully saturated rings. The molecule has 0 bridgehead atoms. The standard InChI is InChI=1S/C10H18O4.C8H18O/c11-9(12)7-5-3-1-2-4-6-8-10(13)14;1-3-5-6-7-8(9)4-2/h1-8H2,(H,11,12)(H,13,14);8-9H,3-7H2,1-2H3. The molecule has 0 heterocycles. The zero-order valence-electron chi connectivity index (χ0n) is 14.9. The minimum absolute atomic E-state index is 0.0449. The largest absolute Gasteiger partial charge is 0.481 e. The number of carboxylic acid groups (broad SMARTS) is 2. The second kappa shape index (κ2) is 18.9. The predicted octanol–water partition coefficient (Wildman–Crippen LogP) is 4.61. The van der Waals surface area contributed by atoms with Crippen molar-refractivity contribution in [2.75, 3.05) is 0 Å². The van der Waals surface area contributed by atoms with Gasteiger partial charge >= 0.3 is 11.9 Å². The zero-order chi connectivity index (χ0) is 17.9. The van der Waals surface area contributed by atoms with Crippen LogP contribution in [0.5, 0.6) is 0 Å². The van der Waals surface area contributed by atoms with E-state index in [0.29, 0.717) is 0 Å². The van der Waals surface area contributed by atoms with Crippen LogP contribution >= 0.6 is 0 Å². The highest BCUT2D eigenvalue weighted by atomic mass is 16.4. The number of aliphatic hydroxyl groups is 1. The van der Waals surface area contributed by atoms with Gasteiger partial charge in [-0.2, -0.15) is 0 Å². The Morgan fingerprint density at radius 1 is 0.739 bits per heavy atom. The van der Waals surface area contributed by atoms with Crippen molar-refractivity contribution in [3.8, 4) is 0 Å².